The largest absolute Gasteiger partial charge is 0.489 e. The molecule has 0 atom stereocenters. The van der Waals surface area contributed by atoms with Gasteiger partial charge in [-0.25, -0.2) is 4.79 Å². The van der Waals surface area contributed by atoms with Crippen molar-refractivity contribution in [1.82, 2.24) is 0 Å². The van der Waals surface area contributed by atoms with Crippen LogP contribution < -0.4 is 9.47 Å². The first-order valence-electron chi connectivity index (χ1n) is 11.4. The number of hydrogen-bond acceptors (Lipinski definition) is 3. The standard InChI is InChI=1S/C31H24O4/c32-29(33)21-35-28-19-17-24-13-5-7-15-26(24)31(28)30-25-14-6-4-12-23(25)16-18-27(30)34-20-8-11-22-9-2-1-3-10-22/h1-19H,20-21H2,(H,32,33). The van der Waals surface area contributed by atoms with Crippen molar-refractivity contribution >= 4 is 33.6 Å². The van der Waals surface area contributed by atoms with E-state index in [0.29, 0.717) is 18.1 Å². The molecule has 4 nitrogen and oxygen atoms in total. The predicted molar refractivity (Wildman–Crippen MR) is 141 cm³/mol. The lowest BCUT2D eigenvalue weighted by Crippen LogP contribution is -2.10. The molecule has 0 aliphatic rings. The van der Waals surface area contributed by atoms with Crippen LogP contribution in [0.5, 0.6) is 11.5 Å². The molecule has 172 valence electrons. The highest BCUT2D eigenvalue weighted by Crippen LogP contribution is 2.45. The number of carbonyl (C=O) groups is 1. The minimum Gasteiger partial charge on any atom is -0.489 e. The summed E-state index contributed by atoms with van der Waals surface area (Å²) in [5.41, 5.74) is 2.81. The lowest BCUT2D eigenvalue weighted by molar-refractivity contribution is -0.139. The monoisotopic (exact) mass is 460 g/mol. The Labute approximate surface area is 203 Å². The average Bonchev–Trinajstić information content (AvgIpc) is 2.90. The number of fused-ring (bicyclic) bond motifs is 2. The number of rotatable bonds is 8. The highest BCUT2D eigenvalue weighted by molar-refractivity contribution is 6.09. The molecule has 5 rings (SSSR count). The zero-order valence-corrected chi connectivity index (χ0v) is 19.1. The molecule has 0 saturated carbocycles. The molecule has 0 bridgehead atoms. The van der Waals surface area contributed by atoms with Gasteiger partial charge < -0.3 is 14.6 Å². The Morgan fingerprint density at radius 1 is 0.657 bits per heavy atom. The van der Waals surface area contributed by atoms with Crippen molar-refractivity contribution in [2.24, 2.45) is 0 Å². The highest BCUT2D eigenvalue weighted by atomic mass is 16.5. The van der Waals surface area contributed by atoms with Crippen LogP contribution in [0.25, 0.3) is 38.7 Å². The van der Waals surface area contributed by atoms with E-state index in [0.717, 1.165) is 38.2 Å². The maximum Gasteiger partial charge on any atom is 0.341 e. The maximum atomic E-state index is 11.3. The van der Waals surface area contributed by atoms with E-state index in [-0.39, 0.29) is 0 Å². The van der Waals surface area contributed by atoms with Crippen LogP contribution in [0.1, 0.15) is 5.56 Å². The third-order valence-corrected chi connectivity index (χ3v) is 5.83. The number of benzene rings is 5. The van der Waals surface area contributed by atoms with Gasteiger partial charge in [-0.3, -0.25) is 0 Å². The maximum absolute atomic E-state index is 11.3. The fraction of sp³-hybridized carbons (Fsp3) is 0.0645. The topological polar surface area (TPSA) is 55.8 Å². The van der Waals surface area contributed by atoms with Gasteiger partial charge in [-0.1, -0.05) is 97.1 Å². The number of hydrogen-bond donors (Lipinski definition) is 1. The summed E-state index contributed by atoms with van der Waals surface area (Å²) in [5, 5.41) is 13.3. The van der Waals surface area contributed by atoms with Crippen molar-refractivity contribution in [2.45, 2.75) is 0 Å². The van der Waals surface area contributed by atoms with Crippen LogP contribution in [0.15, 0.2) is 109 Å². The molecule has 35 heavy (non-hydrogen) atoms. The summed E-state index contributed by atoms with van der Waals surface area (Å²) in [7, 11) is 0. The van der Waals surface area contributed by atoms with Crippen molar-refractivity contribution in [1.29, 1.82) is 0 Å². The third kappa shape index (κ3) is 4.87. The van der Waals surface area contributed by atoms with Crippen molar-refractivity contribution in [3.8, 4) is 22.6 Å². The first-order chi connectivity index (χ1) is 17.2. The Bertz CT molecular complexity index is 1520. The predicted octanol–water partition coefficient (Wildman–Crippen LogP) is 7.22. The molecule has 0 spiro atoms. The molecule has 4 heteroatoms. The molecule has 0 aliphatic heterocycles. The van der Waals surface area contributed by atoms with Crippen LogP contribution >= 0.6 is 0 Å². The highest BCUT2D eigenvalue weighted by Gasteiger charge is 2.19. The molecule has 5 aromatic rings. The van der Waals surface area contributed by atoms with E-state index in [1.54, 1.807) is 0 Å². The summed E-state index contributed by atoms with van der Waals surface area (Å²) < 4.78 is 12.1. The van der Waals surface area contributed by atoms with Crippen LogP contribution in [0.3, 0.4) is 0 Å². The molecular weight excluding hydrogens is 436 g/mol. The second kappa shape index (κ2) is 10.1. The second-order valence-corrected chi connectivity index (χ2v) is 8.13. The minimum absolute atomic E-state index is 0.385. The van der Waals surface area contributed by atoms with Gasteiger partial charge in [-0.2, -0.15) is 0 Å². The van der Waals surface area contributed by atoms with Crippen molar-refractivity contribution in [2.75, 3.05) is 13.2 Å². The Morgan fingerprint density at radius 2 is 1.20 bits per heavy atom. The lowest BCUT2D eigenvalue weighted by atomic mass is 9.92. The summed E-state index contributed by atoms with van der Waals surface area (Å²) in [4.78, 5) is 11.3. The lowest BCUT2D eigenvalue weighted by Gasteiger charge is -2.19. The molecule has 0 heterocycles. The van der Waals surface area contributed by atoms with Gasteiger partial charge in [-0.05, 0) is 45.3 Å². The first kappa shape index (κ1) is 22.2. The number of aliphatic carboxylic acids is 1. The molecule has 0 saturated heterocycles. The molecule has 5 aromatic carbocycles. The quantitative estimate of drug-likeness (QED) is 0.266. The first-order valence-corrected chi connectivity index (χ1v) is 11.4. The molecule has 0 radical (unpaired) electrons. The number of ether oxygens (including phenoxy) is 2. The van der Waals surface area contributed by atoms with Gasteiger partial charge in [0.1, 0.15) is 18.1 Å². The summed E-state index contributed by atoms with van der Waals surface area (Å²) in [5.74, 6) is 0.189. The van der Waals surface area contributed by atoms with Gasteiger partial charge in [0, 0.05) is 11.1 Å². The number of carboxylic acid groups (broad SMARTS) is 1. The van der Waals surface area contributed by atoms with E-state index in [1.807, 2.05) is 103 Å². The summed E-state index contributed by atoms with van der Waals surface area (Å²) in [6.07, 6.45) is 4.01. The Morgan fingerprint density at radius 3 is 1.80 bits per heavy atom. The Hall–Kier alpha value is -4.57. The van der Waals surface area contributed by atoms with Crippen LogP contribution in [-0.4, -0.2) is 24.3 Å². The van der Waals surface area contributed by atoms with E-state index in [1.165, 1.54) is 0 Å². The zero-order valence-electron chi connectivity index (χ0n) is 19.1. The van der Waals surface area contributed by atoms with Gasteiger partial charge >= 0.3 is 5.97 Å². The minimum atomic E-state index is -1.02. The molecule has 0 fully saturated rings. The molecule has 0 aromatic heterocycles. The van der Waals surface area contributed by atoms with E-state index >= 15 is 0 Å². The normalized spacial score (nSPS) is 11.2. The SMILES string of the molecule is O=C(O)COc1ccc2ccccc2c1-c1c(OCC=Cc2ccccc2)ccc2ccccc12. The van der Waals surface area contributed by atoms with Gasteiger partial charge in [0.15, 0.2) is 6.61 Å². The second-order valence-electron chi connectivity index (χ2n) is 8.13. The van der Waals surface area contributed by atoms with E-state index in [4.69, 9.17) is 9.47 Å². The third-order valence-electron chi connectivity index (χ3n) is 5.83. The van der Waals surface area contributed by atoms with Crippen LogP contribution in [0, 0.1) is 0 Å². The zero-order chi connectivity index (χ0) is 24.0. The van der Waals surface area contributed by atoms with Crippen LogP contribution in [0.2, 0.25) is 0 Å². The molecule has 0 amide bonds. The summed E-state index contributed by atoms with van der Waals surface area (Å²) >= 11 is 0. The van der Waals surface area contributed by atoms with Gasteiger partial charge in [-0.15, -0.1) is 0 Å². The van der Waals surface area contributed by atoms with Gasteiger partial charge in [0.25, 0.3) is 0 Å². The van der Waals surface area contributed by atoms with E-state index in [2.05, 4.69) is 12.1 Å². The Kier molecular flexibility index (Phi) is 6.44. The van der Waals surface area contributed by atoms with Crippen LogP contribution in [0.4, 0.5) is 0 Å². The smallest absolute Gasteiger partial charge is 0.341 e. The van der Waals surface area contributed by atoms with E-state index < -0.39 is 12.6 Å². The van der Waals surface area contributed by atoms with Crippen molar-refractivity contribution in [3.63, 3.8) is 0 Å². The van der Waals surface area contributed by atoms with E-state index in [9.17, 15) is 9.90 Å². The van der Waals surface area contributed by atoms with Gasteiger partial charge in [0.2, 0.25) is 0 Å². The molecule has 0 unspecified atom stereocenters. The molecule has 0 aliphatic carbocycles. The van der Waals surface area contributed by atoms with Gasteiger partial charge in [0.05, 0.1) is 0 Å². The Balaban J connectivity index is 1.64. The summed E-state index contributed by atoms with van der Waals surface area (Å²) in [6.45, 7) is -0.0393. The molecular formula is C31H24O4. The van der Waals surface area contributed by atoms with Crippen molar-refractivity contribution < 1.29 is 19.4 Å². The average molecular weight is 461 g/mol. The summed E-state index contributed by atoms with van der Waals surface area (Å²) in [6, 6.07) is 34.0. The fourth-order valence-corrected chi connectivity index (χ4v) is 4.29. The van der Waals surface area contributed by atoms with Crippen LogP contribution in [-0.2, 0) is 4.79 Å². The number of carboxylic acids is 1. The fourth-order valence-electron chi connectivity index (χ4n) is 4.29. The molecule has 1 N–H and O–H groups in total. The van der Waals surface area contributed by atoms with Crippen molar-refractivity contribution in [3.05, 3.63) is 115 Å².